The second-order valence-corrected chi connectivity index (χ2v) is 5.36. The van der Waals surface area contributed by atoms with Gasteiger partial charge >= 0.3 is 0 Å². The highest BCUT2D eigenvalue weighted by molar-refractivity contribution is 5.70. The smallest absolute Gasteiger partial charge is 0.240 e. The number of nitrogens with zero attached hydrogens (tertiary/aromatic N) is 4. The molecule has 1 heterocycles. The normalized spacial score (nSPS) is 10.5. The molecule has 0 saturated carbocycles. The first-order valence-electron chi connectivity index (χ1n) is 7.85. The van der Waals surface area contributed by atoms with Gasteiger partial charge in [0.25, 0.3) is 0 Å². The highest BCUT2D eigenvalue weighted by Crippen LogP contribution is 2.28. The zero-order valence-electron chi connectivity index (χ0n) is 14.3. The van der Waals surface area contributed by atoms with Crippen molar-refractivity contribution >= 4 is 18.1 Å². The van der Waals surface area contributed by atoms with Crippen LogP contribution in [0.3, 0.4) is 0 Å². The summed E-state index contributed by atoms with van der Waals surface area (Å²) in [6.45, 7) is 0. The number of hydrogen-bond donors (Lipinski definition) is 3. The molecule has 2 aromatic carbocycles. The second kappa shape index (κ2) is 7.84. The minimum absolute atomic E-state index is 0.0183. The average Bonchev–Trinajstić information content (AvgIpc) is 2.68. The molecule has 0 fully saturated rings. The van der Waals surface area contributed by atoms with Gasteiger partial charge in [0.15, 0.2) is 29.3 Å². The van der Waals surface area contributed by atoms with E-state index >= 15 is 0 Å². The van der Waals surface area contributed by atoms with Crippen molar-refractivity contribution in [2.45, 2.75) is 0 Å². The summed E-state index contributed by atoms with van der Waals surface area (Å²) >= 11 is 0. The van der Waals surface area contributed by atoms with Gasteiger partial charge in [-0.2, -0.15) is 15.2 Å². The summed E-state index contributed by atoms with van der Waals surface area (Å²) in [5.74, 6) is 0.974. The molecule has 1 aromatic heterocycles. The van der Waals surface area contributed by atoms with Crippen LogP contribution in [0, 0.1) is 11.5 Å². The first-order valence-corrected chi connectivity index (χ1v) is 7.85. The lowest BCUT2D eigenvalue weighted by atomic mass is 10.2. The molecule has 3 aromatic rings. The number of aromatic nitrogens is 3. The summed E-state index contributed by atoms with van der Waals surface area (Å²) in [5.41, 5.74) is 1.17. The molecular weight excluding hydrogens is 346 g/mol. The number of aromatic hydroxyl groups is 2. The van der Waals surface area contributed by atoms with Gasteiger partial charge in [-0.3, -0.25) is 5.32 Å². The van der Waals surface area contributed by atoms with Gasteiger partial charge < -0.3 is 14.9 Å². The quantitative estimate of drug-likeness (QED) is 0.468. The van der Waals surface area contributed by atoms with Gasteiger partial charge in [-0.05, 0) is 35.9 Å². The molecule has 0 atom stereocenters. The highest BCUT2D eigenvalue weighted by Gasteiger charge is 2.10. The lowest BCUT2D eigenvalue weighted by molar-refractivity contribution is 0.373. The molecule has 0 aliphatic rings. The van der Waals surface area contributed by atoms with Crippen molar-refractivity contribution in [3.8, 4) is 34.8 Å². The number of rotatable bonds is 5. The van der Waals surface area contributed by atoms with Gasteiger partial charge in [0.05, 0.1) is 12.7 Å². The standard InChI is InChI=1S/C19H15N5O3/c1-27-16-10-12(6-8-15(16)26)7-9-17-22-18(24-19(23-17)21-11-20)13-4-2-3-5-14(13)25/h2-10,25-26H,1H3,(H,21,22,23,24)/b9-7+. The van der Waals surface area contributed by atoms with E-state index in [4.69, 9.17) is 10.00 Å². The Morgan fingerprint density at radius 1 is 1.04 bits per heavy atom. The fourth-order valence-electron chi connectivity index (χ4n) is 2.32. The fraction of sp³-hybridized carbons (Fsp3) is 0.0526. The van der Waals surface area contributed by atoms with Gasteiger partial charge in [-0.25, -0.2) is 4.98 Å². The number of para-hydroxylation sites is 1. The minimum Gasteiger partial charge on any atom is -0.507 e. The largest absolute Gasteiger partial charge is 0.507 e. The molecule has 0 spiro atoms. The van der Waals surface area contributed by atoms with Crippen molar-refractivity contribution in [2.24, 2.45) is 0 Å². The van der Waals surface area contributed by atoms with E-state index in [9.17, 15) is 10.2 Å². The number of methoxy groups -OCH3 is 1. The van der Waals surface area contributed by atoms with Crippen LogP contribution in [0.15, 0.2) is 42.5 Å². The van der Waals surface area contributed by atoms with Gasteiger partial charge in [0, 0.05) is 0 Å². The first kappa shape index (κ1) is 17.7. The molecular formula is C19H15N5O3. The van der Waals surface area contributed by atoms with Crippen molar-refractivity contribution in [1.82, 2.24) is 15.0 Å². The summed E-state index contributed by atoms with van der Waals surface area (Å²) < 4.78 is 5.08. The maximum atomic E-state index is 10.0. The molecule has 0 amide bonds. The van der Waals surface area contributed by atoms with Crippen LogP contribution in [0.1, 0.15) is 11.4 Å². The van der Waals surface area contributed by atoms with Gasteiger partial charge in [-0.15, -0.1) is 0 Å². The molecule has 0 radical (unpaired) electrons. The Morgan fingerprint density at radius 2 is 1.85 bits per heavy atom. The summed E-state index contributed by atoms with van der Waals surface area (Å²) in [7, 11) is 1.47. The highest BCUT2D eigenvalue weighted by atomic mass is 16.5. The van der Waals surface area contributed by atoms with E-state index in [0.29, 0.717) is 11.3 Å². The zero-order chi connectivity index (χ0) is 19.2. The van der Waals surface area contributed by atoms with Crippen molar-refractivity contribution in [3.63, 3.8) is 0 Å². The molecule has 134 valence electrons. The number of benzene rings is 2. The maximum absolute atomic E-state index is 10.0. The lowest BCUT2D eigenvalue weighted by Gasteiger charge is -2.06. The predicted octanol–water partition coefficient (Wildman–Crippen LogP) is 3.02. The van der Waals surface area contributed by atoms with Crippen molar-refractivity contribution < 1.29 is 14.9 Å². The summed E-state index contributed by atoms with van der Waals surface area (Å²) in [6.07, 6.45) is 5.11. The molecule has 8 heteroatoms. The van der Waals surface area contributed by atoms with Gasteiger partial charge in [-0.1, -0.05) is 24.3 Å². The fourth-order valence-corrected chi connectivity index (χ4v) is 2.32. The van der Waals surface area contributed by atoms with E-state index in [1.807, 2.05) is 0 Å². The summed E-state index contributed by atoms with van der Waals surface area (Å²) in [4.78, 5) is 12.6. The van der Waals surface area contributed by atoms with Crippen LogP contribution >= 0.6 is 0 Å². The Balaban J connectivity index is 2.00. The third-order valence-electron chi connectivity index (χ3n) is 3.59. The molecule has 3 rings (SSSR count). The Bertz CT molecular complexity index is 1040. The number of phenolic OH excluding ortho intramolecular Hbond substituents is 2. The number of nitriles is 1. The average molecular weight is 361 g/mol. The van der Waals surface area contributed by atoms with Crippen molar-refractivity contribution in [2.75, 3.05) is 12.4 Å². The van der Waals surface area contributed by atoms with Crippen LogP contribution in [-0.2, 0) is 0 Å². The minimum atomic E-state index is 0.0183. The predicted molar refractivity (Wildman–Crippen MR) is 99.8 cm³/mol. The maximum Gasteiger partial charge on any atom is 0.240 e. The van der Waals surface area contributed by atoms with E-state index in [1.54, 1.807) is 48.7 Å². The van der Waals surface area contributed by atoms with Gasteiger partial charge in [0.1, 0.15) is 5.75 Å². The van der Waals surface area contributed by atoms with E-state index in [0.717, 1.165) is 5.56 Å². The Hall–Kier alpha value is -4.12. The number of hydrogen-bond acceptors (Lipinski definition) is 8. The second-order valence-electron chi connectivity index (χ2n) is 5.36. The zero-order valence-corrected chi connectivity index (χ0v) is 14.3. The van der Waals surface area contributed by atoms with Crippen LogP contribution in [0.4, 0.5) is 5.95 Å². The monoisotopic (exact) mass is 361 g/mol. The lowest BCUT2D eigenvalue weighted by Crippen LogP contribution is -2.02. The molecule has 0 aliphatic carbocycles. The van der Waals surface area contributed by atoms with Crippen LogP contribution in [0.25, 0.3) is 23.5 Å². The topological polar surface area (TPSA) is 124 Å². The van der Waals surface area contributed by atoms with E-state index in [1.165, 1.54) is 19.2 Å². The van der Waals surface area contributed by atoms with Crippen LogP contribution < -0.4 is 10.1 Å². The number of anilines is 1. The van der Waals surface area contributed by atoms with E-state index < -0.39 is 0 Å². The molecule has 3 N–H and O–H groups in total. The molecule has 0 bridgehead atoms. The third kappa shape index (κ3) is 4.11. The van der Waals surface area contributed by atoms with Crippen LogP contribution in [-0.4, -0.2) is 32.3 Å². The number of ether oxygens (including phenoxy) is 1. The molecule has 0 aliphatic heterocycles. The van der Waals surface area contributed by atoms with E-state index in [-0.39, 0.29) is 29.1 Å². The van der Waals surface area contributed by atoms with Crippen LogP contribution in [0.5, 0.6) is 17.2 Å². The van der Waals surface area contributed by atoms with Crippen molar-refractivity contribution in [3.05, 3.63) is 53.9 Å². The number of nitrogens with one attached hydrogen (secondary N) is 1. The Morgan fingerprint density at radius 3 is 2.59 bits per heavy atom. The molecule has 27 heavy (non-hydrogen) atoms. The summed E-state index contributed by atoms with van der Waals surface area (Å²) in [6, 6.07) is 11.5. The third-order valence-corrected chi connectivity index (χ3v) is 3.59. The van der Waals surface area contributed by atoms with Crippen molar-refractivity contribution in [1.29, 1.82) is 5.26 Å². The molecule has 0 saturated heterocycles. The van der Waals surface area contributed by atoms with E-state index in [2.05, 4.69) is 20.3 Å². The van der Waals surface area contributed by atoms with Crippen LogP contribution in [0.2, 0.25) is 0 Å². The Kier molecular flexibility index (Phi) is 5.14. The Labute approximate surface area is 155 Å². The molecule has 0 unspecified atom stereocenters. The van der Waals surface area contributed by atoms with Gasteiger partial charge in [0.2, 0.25) is 5.95 Å². The first-order chi connectivity index (χ1) is 13.1. The number of phenols is 2. The SMILES string of the molecule is COc1cc(/C=C/c2nc(NC#N)nc(-c3ccccc3O)n2)ccc1O. The summed E-state index contributed by atoms with van der Waals surface area (Å²) in [5, 5.41) is 30.9. The molecule has 8 nitrogen and oxygen atoms in total.